The predicted octanol–water partition coefficient (Wildman–Crippen LogP) is 2.90. The molecule has 1 aliphatic heterocycles. The molecule has 0 saturated carbocycles. The third-order valence-corrected chi connectivity index (χ3v) is 5.30. The van der Waals surface area contributed by atoms with Gasteiger partial charge in [0.15, 0.2) is 5.96 Å². The smallest absolute Gasteiger partial charge is 0.191 e. The molecule has 1 heterocycles. The minimum atomic E-state index is 0. The second kappa shape index (κ2) is 14.8. The van der Waals surface area contributed by atoms with E-state index < -0.39 is 0 Å². The van der Waals surface area contributed by atoms with Crippen molar-refractivity contribution in [2.45, 2.75) is 13.1 Å². The third-order valence-electron chi connectivity index (χ3n) is 5.30. The number of halogens is 1. The lowest BCUT2D eigenvalue weighted by Crippen LogP contribution is -2.38. The molecule has 1 aliphatic rings. The van der Waals surface area contributed by atoms with Crippen LogP contribution in [0, 0.1) is 0 Å². The highest BCUT2D eigenvalue weighted by atomic mass is 127. The van der Waals surface area contributed by atoms with Crippen LogP contribution in [0.3, 0.4) is 0 Å². The molecule has 0 aliphatic carbocycles. The molecule has 3 rings (SSSR count). The van der Waals surface area contributed by atoms with Crippen LogP contribution >= 0.6 is 24.0 Å². The predicted molar refractivity (Wildman–Crippen MR) is 141 cm³/mol. The fourth-order valence-electron chi connectivity index (χ4n) is 3.45. The molecule has 0 amide bonds. The Bertz CT molecular complexity index is 875. The molecule has 2 N–H and O–H groups in total. The van der Waals surface area contributed by atoms with Crippen LogP contribution in [0.25, 0.3) is 0 Å². The zero-order valence-corrected chi connectivity index (χ0v) is 22.0. The molecule has 0 radical (unpaired) electrons. The lowest BCUT2D eigenvalue weighted by atomic mass is 10.2. The normalized spacial score (nSPS) is 14.2. The van der Waals surface area contributed by atoms with Crippen LogP contribution in [-0.2, 0) is 17.8 Å². The molecule has 1 fully saturated rings. The largest absolute Gasteiger partial charge is 0.497 e. The Kier molecular flexibility index (Phi) is 12.1. The van der Waals surface area contributed by atoms with E-state index in [9.17, 15) is 0 Å². The molecule has 182 valence electrons. The molecule has 9 heteroatoms. The number of guanidine groups is 1. The Morgan fingerprint density at radius 3 is 2.52 bits per heavy atom. The van der Waals surface area contributed by atoms with Gasteiger partial charge in [0.2, 0.25) is 0 Å². The van der Waals surface area contributed by atoms with Gasteiger partial charge in [-0.15, -0.1) is 24.0 Å². The first-order valence-electron chi connectivity index (χ1n) is 10.9. The van der Waals surface area contributed by atoms with Gasteiger partial charge in [0.25, 0.3) is 0 Å². The molecular formula is C24H35IN4O4. The van der Waals surface area contributed by atoms with E-state index in [1.54, 1.807) is 21.3 Å². The van der Waals surface area contributed by atoms with E-state index in [1.807, 2.05) is 30.3 Å². The van der Waals surface area contributed by atoms with Crippen molar-refractivity contribution in [2.24, 2.45) is 4.99 Å². The van der Waals surface area contributed by atoms with E-state index in [4.69, 9.17) is 18.9 Å². The van der Waals surface area contributed by atoms with E-state index in [2.05, 4.69) is 32.7 Å². The summed E-state index contributed by atoms with van der Waals surface area (Å²) in [6.45, 7) is 6.37. The molecule has 0 atom stereocenters. The molecule has 0 aromatic heterocycles. The van der Waals surface area contributed by atoms with Crippen molar-refractivity contribution >= 4 is 29.9 Å². The minimum Gasteiger partial charge on any atom is -0.497 e. The van der Waals surface area contributed by atoms with Crippen molar-refractivity contribution in [2.75, 3.05) is 60.7 Å². The first-order valence-corrected chi connectivity index (χ1v) is 10.9. The number of nitrogens with zero attached hydrogens (tertiary/aromatic N) is 2. The Morgan fingerprint density at radius 2 is 1.79 bits per heavy atom. The Balaban J connectivity index is 0.00000385. The van der Waals surface area contributed by atoms with Gasteiger partial charge in [-0.2, -0.15) is 0 Å². The molecular weight excluding hydrogens is 535 g/mol. The summed E-state index contributed by atoms with van der Waals surface area (Å²) in [7, 11) is 5.05. The van der Waals surface area contributed by atoms with Crippen molar-refractivity contribution in [3.63, 3.8) is 0 Å². The number of ether oxygens (including phenoxy) is 4. The van der Waals surface area contributed by atoms with E-state index in [-0.39, 0.29) is 24.0 Å². The number of hydrogen-bond acceptors (Lipinski definition) is 6. The quantitative estimate of drug-likeness (QED) is 0.259. The van der Waals surface area contributed by atoms with Crippen molar-refractivity contribution in [3.8, 4) is 17.2 Å². The van der Waals surface area contributed by atoms with Crippen molar-refractivity contribution in [1.29, 1.82) is 0 Å². The summed E-state index contributed by atoms with van der Waals surface area (Å²) in [6, 6.07) is 13.9. The van der Waals surface area contributed by atoms with Crippen LogP contribution < -0.4 is 24.8 Å². The SMILES string of the molecule is CN=C(NCc1cccc(OCCN2CCOCC2)c1)NCc1ccc(OC)cc1OC.I. The number of rotatable bonds is 10. The van der Waals surface area contributed by atoms with Crippen molar-refractivity contribution in [3.05, 3.63) is 53.6 Å². The summed E-state index contributed by atoms with van der Waals surface area (Å²) >= 11 is 0. The average molecular weight is 570 g/mol. The standard InChI is InChI=1S/C24H34N4O4.HI/c1-25-24(27-18-20-7-8-21(29-2)16-23(20)30-3)26-17-19-5-4-6-22(15-19)32-14-11-28-9-12-31-13-10-28;/h4-8,15-16H,9-14,17-18H2,1-3H3,(H2,25,26,27);1H. The summed E-state index contributed by atoms with van der Waals surface area (Å²) in [4.78, 5) is 6.68. The highest BCUT2D eigenvalue weighted by Gasteiger charge is 2.10. The van der Waals surface area contributed by atoms with Crippen LogP contribution in [0.2, 0.25) is 0 Å². The minimum absolute atomic E-state index is 0. The van der Waals surface area contributed by atoms with Gasteiger partial charge in [-0.3, -0.25) is 9.89 Å². The molecule has 0 unspecified atom stereocenters. The fourth-order valence-corrected chi connectivity index (χ4v) is 3.45. The lowest BCUT2D eigenvalue weighted by molar-refractivity contribution is 0.0322. The van der Waals surface area contributed by atoms with Gasteiger partial charge in [-0.05, 0) is 29.8 Å². The monoisotopic (exact) mass is 570 g/mol. The van der Waals surface area contributed by atoms with Crippen LogP contribution in [0.15, 0.2) is 47.5 Å². The third kappa shape index (κ3) is 8.90. The van der Waals surface area contributed by atoms with Gasteiger partial charge < -0.3 is 29.6 Å². The molecule has 0 spiro atoms. The number of methoxy groups -OCH3 is 2. The van der Waals surface area contributed by atoms with Gasteiger partial charge in [0.1, 0.15) is 23.9 Å². The zero-order valence-electron chi connectivity index (χ0n) is 19.6. The maximum Gasteiger partial charge on any atom is 0.191 e. The van der Waals surface area contributed by atoms with Gasteiger partial charge in [0.05, 0.1) is 27.4 Å². The highest BCUT2D eigenvalue weighted by molar-refractivity contribution is 14.0. The van der Waals surface area contributed by atoms with Crippen LogP contribution in [0.4, 0.5) is 0 Å². The number of nitrogens with one attached hydrogen (secondary N) is 2. The Hall–Kier alpha value is -2.24. The van der Waals surface area contributed by atoms with E-state index >= 15 is 0 Å². The second-order valence-electron chi connectivity index (χ2n) is 7.41. The second-order valence-corrected chi connectivity index (χ2v) is 7.41. The number of aliphatic imine (C=N–C) groups is 1. The van der Waals surface area contributed by atoms with Crippen LogP contribution in [-0.4, -0.2) is 71.6 Å². The fraction of sp³-hybridized carbons (Fsp3) is 0.458. The summed E-state index contributed by atoms with van der Waals surface area (Å²) in [5, 5.41) is 6.67. The van der Waals surface area contributed by atoms with Crippen molar-refractivity contribution in [1.82, 2.24) is 15.5 Å². The summed E-state index contributed by atoms with van der Waals surface area (Å²) in [5.41, 5.74) is 2.14. The molecule has 8 nitrogen and oxygen atoms in total. The molecule has 2 aromatic carbocycles. The number of hydrogen-bond donors (Lipinski definition) is 2. The first-order chi connectivity index (χ1) is 15.7. The van der Waals surface area contributed by atoms with E-state index in [0.717, 1.165) is 61.2 Å². The topological polar surface area (TPSA) is 76.6 Å². The number of morpholine rings is 1. The lowest BCUT2D eigenvalue weighted by Gasteiger charge is -2.26. The van der Waals surface area contributed by atoms with Crippen LogP contribution in [0.5, 0.6) is 17.2 Å². The van der Waals surface area contributed by atoms with Gasteiger partial charge >= 0.3 is 0 Å². The maximum absolute atomic E-state index is 5.95. The summed E-state index contributed by atoms with van der Waals surface area (Å²) < 4.78 is 22.1. The molecule has 2 aromatic rings. The summed E-state index contributed by atoms with van der Waals surface area (Å²) in [5.74, 6) is 3.12. The highest BCUT2D eigenvalue weighted by Crippen LogP contribution is 2.24. The van der Waals surface area contributed by atoms with Crippen LogP contribution in [0.1, 0.15) is 11.1 Å². The molecule has 0 bridgehead atoms. The van der Waals surface area contributed by atoms with Gasteiger partial charge in [-0.25, -0.2) is 0 Å². The molecule has 33 heavy (non-hydrogen) atoms. The maximum atomic E-state index is 5.95. The van der Waals surface area contributed by atoms with Crippen molar-refractivity contribution < 1.29 is 18.9 Å². The zero-order chi connectivity index (χ0) is 22.6. The van der Waals surface area contributed by atoms with E-state index in [0.29, 0.717) is 25.7 Å². The molecule has 1 saturated heterocycles. The van der Waals surface area contributed by atoms with Gasteiger partial charge in [0, 0.05) is 51.4 Å². The Labute approximate surface area is 213 Å². The Morgan fingerprint density at radius 1 is 1.00 bits per heavy atom. The first kappa shape index (κ1) is 27.0. The van der Waals surface area contributed by atoms with Gasteiger partial charge in [-0.1, -0.05) is 12.1 Å². The number of benzene rings is 2. The summed E-state index contributed by atoms with van der Waals surface area (Å²) in [6.07, 6.45) is 0. The average Bonchev–Trinajstić information content (AvgIpc) is 2.85. The van der Waals surface area contributed by atoms with E-state index in [1.165, 1.54) is 0 Å².